The quantitative estimate of drug-likeness (QED) is 0.808. The Balaban J connectivity index is 0.00000196. The monoisotopic (exact) mass is 229 g/mol. The van der Waals surface area contributed by atoms with E-state index in [4.69, 9.17) is 10.5 Å². The normalized spacial score (nSPS) is 13.5. The zero-order chi connectivity index (χ0) is 10.6. The van der Waals surface area contributed by atoms with Crippen LogP contribution in [0.15, 0.2) is 30.3 Å². The molecule has 1 unspecified atom stereocenters. The van der Waals surface area contributed by atoms with Gasteiger partial charge in [0.05, 0.1) is 0 Å². The molecule has 1 aromatic carbocycles. The molecule has 84 valence electrons. The number of benzene rings is 1. The first kappa shape index (κ1) is 13.9. The maximum atomic E-state index is 11.2. The average molecular weight is 230 g/mol. The summed E-state index contributed by atoms with van der Waals surface area (Å²) in [6.07, 6.45) is -0.241. The van der Waals surface area contributed by atoms with Gasteiger partial charge >= 0.3 is 5.97 Å². The molecule has 4 heteroatoms. The van der Waals surface area contributed by atoms with Crippen LogP contribution in [-0.2, 0) is 9.53 Å². The van der Waals surface area contributed by atoms with Gasteiger partial charge < -0.3 is 10.5 Å². The molecule has 2 atom stereocenters. The van der Waals surface area contributed by atoms with Crippen LogP contribution in [0.25, 0.3) is 0 Å². The summed E-state index contributed by atoms with van der Waals surface area (Å²) in [5.41, 5.74) is 6.36. The summed E-state index contributed by atoms with van der Waals surface area (Å²) in [6.45, 7) is 3.44. The van der Waals surface area contributed by atoms with Crippen LogP contribution in [0.1, 0.15) is 25.5 Å². The van der Waals surface area contributed by atoms with Gasteiger partial charge in [0.2, 0.25) is 0 Å². The highest BCUT2D eigenvalue weighted by molar-refractivity contribution is 5.85. The maximum absolute atomic E-state index is 11.2. The van der Waals surface area contributed by atoms with Crippen LogP contribution in [0.4, 0.5) is 0 Å². The number of nitrogens with two attached hydrogens (primary N) is 1. The molecular weight excluding hydrogens is 214 g/mol. The highest BCUT2D eigenvalue weighted by atomic mass is 35.5. The van der Waals surface area contributed by atoms with Gasteiger partial charge in [-0.15, -0.1) is 12.4 Å². The van der Waals surface area contributed by atoms with E-state index < -0.39 is 6.04 Å². The van der Waals surface area contributed by atoms with Crippen molar-refractivity contribution in [2.75, 3.05) is 0 Å². The zero-order valence-corrected chi connectivity index (χ0v) is 9.66. The number of halogens is 1. The van der Waals surface area contributed by atoms with Gasteiger partial charge in [0.1, 0.15) is 12.1 Å². The SMILES string of the molecule is CC(OC(=O)[C@H](C)N)c1ccccc1.Cl. The fourth-order valence-electron chi connectivity index (χ4n) is 1.07. The Bertz CT molecular complexity index is 301. The second-order valence-corrected chi connectivity index (χ2v) is 3.28. The van der Waals surface area contributed by atoms with Gasteiger partial charge in [0.25, 0.3) is 0 Å². The molecule has 0 heterocycles. The van der Waals surface area contributed by atoms with Gasteiger partial charge in [-0.05, 0) is 19.4 Å². The molecular formula is C11H16ClNO2. The average Bonchev–Trinajstić information content (AvgIpc) is 2.19. The Hall–Kier alpha value is -1.06. The number of ether oxygens (including phenoxy) is 1. The minimum atomic E-state index is -0.568. The molecule has 0 amide bonds. The van der Waals surface area contributed by atoms with Crippen molar-refractivity contribution in [1.82, 2.24) is 0 Å². The molecule has 0 aliphatic carbocycles. The third kappa shape index (κ3) is 4.32. The van der Waals surface area contributed by atoms with Gasteiger partial charge in [-0.25, -0.2) is 0 Å². The molecule has 2 N–H and O–H groups in total. The van der Waals surface area contributed by atoms with Gasteiger partial charge in [0, 0.05) is 0 Å². The molecule has 3 nitrogen and oxygen atoms in total. The summed E-state index contributed by atoms with van der Waals surface area (Å²) >= 11 is 0. The molecule has 0 aliphatic heterocycles. The largest absolute Gasteiger partial charge is 0.457 e. The summed E-state index contributed by atoms with van der Waals surface area (Å²) in [5, 5.41) is 0. The maximum Gasteiger partial charge on any atom is 0.323 e. The molecule has 0 aliphatic rings. The predicted molar refractivity (Wildman–Crippen MR) is 61.8 cm³/mol. The lowest BCUT2D eigenvalue weighted by atomic mass is 10.1. The Morgan fingerprint density at radius 2 is 1.80 bits per heavy atom. The summed E-state index contributed by atoms with van der Waals surface area (Å²) in [4.78, 5) is 11.2. The van der Waals surface area contributed by atoms with Crippen LogP contribution in [0.5, 0.6) is 0 Å². The van der Waals surface area contributed by atoms with Gasteiger partial charge in [-0.3, -0.25) is 4.79 Å². The van der Waals surface area contributed by atoms with Crippen molar-refractivity contribution in [3.8, 4) is 0 Å². The number of hydrogen-bond donors (Lipinski definition) is 1. The number of rotatable bonds is 3. The first-order valence-corrected chi connectivity index (χ1v) is 4.62. The molecule has 0 fully saturated rings. The molecule has 0 bridgehead atoms. The van der Waals surface area contributed by atoms with Gasteiger partial charge in [-0.1, -0.05) is 30.3 Å². The van der Waals surface area contributed by atoms with E-state index in [-0.39, 0.29) is 24.5 Å². The third-order valence-corrected chi connectivity index (χ3v) is 1.93. The van der Waals surface area contributed by atoms with E-state index in [1.807, 2.05) is 37.3 Å². The minimum absolute atomic E-state index is 0. The lowest BCUT2D eigenvalue weighted by Crippen LogP contribution is -2.29. The van der Waals surface area contributed by atoms with Crippen LogP contribution in [-0.4, -0.2) is 12.0 Å². The first-order chi connectivity index (χ1) is 6.61. The Kier molecular flexibility index (Phi) is 5.97. The van der Waals surface area contributed by atoms with E-state index in [9.17, 15) is 4.79 Å². The summed E-state index contributed by atoms with van der Waals surface area (Å²) in [5.74, 6) is -0.374. The summed E-state index contributed by atoms with van der Waals surface area (Å²) in [6, 6.07) is 9.00. The fraction of sp³-hybridized carbons (Fsp3) is 0.364. The molecule has 0 radical (unpaired) electrons. The van der Waals surface area contributed by atoms with Crippen molar-refractivity contribution in [3.63, 3.8) is 0 Å². The van der Waals surface area contributed by atoms with E-state index in [1.165, 1.54) is 0 Å². The van der Waals surface area contributed by atoms with Crippen molar-refractivity contribution in [2.24, 2.45) is 5.73 Å². The number of carbonyl (C=O) groups is 1. The Labute approximate surface area is 96.0 Å². The molecule has 15 heavy (non-hydrogen) atoms. The van der Waals surface area contributed by atoms with Crippen LogP contribution in [0.3, 0.4) is 0 Å². The molecule has 1 rings (SSSR count). The smallest absolute Gasteiger partial charge is 0.323 e. The van der Waals surface area contributed by atoms with E-state index in [2.05, 4.69) is 0 Å². The highest BCUT2D eigenvalue weighted by Crippen LogP contribution is 2.16. The van der Waals surface area contributed by atoms with E-state index >= 15 is 0 Å². The van der Waals surface area contributed by atoms with Crippen molar-refractivity contribution in [1.29, 1.82) is 0 Å². The van der Waals surface area contributed by atoms with E-state index in [1.54, 1.807) is 6.92 Å². The highest BCUT2D eigenvalue weighted by Gasteiger charge is 2.14. The van der Waals surface area contributed by atoms with Crippen LogP contribution in [0, 0.1) is 0 Å². The molecule has 0 spiro atoms. The van der Waals surface area contributed by atoms with Crippen LogP contribution >= 0.6 is 12.4 Å². The topological polar surface area (TPSA) is 52.3 Å². The van der Waals surface area contributed by atoms with Gasteiger partial charge in [0.15, 0.2) is 0 Å². The second-order valence-electron chi connectivity index (χ2n) is 3.28. The minimum Gasteiger partial charge on any atom is -0.457 e. The summed E-state index contributed by atoms with van der Waals surface area (Å²) in [7, 11) is 0. The third-order valence-electron chi connectivity index (χ3n) is 1.93. The second kappa shape index (κ2) is 6.43. The Morgan fingerprint density at radius 1 is 1.27 bits per heavy atom. The van der Waals surface area contributed by atoms with Crippen molar-refractivity contribution in [3.05, 3.63) is 35.9 Å². The van der Waals surface area contributed by atoms with Crippen molar-refractivity contribution >= 4 is 18.4 Å². The van der Waals surface area contributed by atoms with E-state index in [0.717, 1.165) is 5.56 Å². The fourth-order valence-corrected chi connectivity index (χ4v) is 1.07. The van der Waals surface area contributed by atoms with Crippen LogP contribution < -0.4 is 5.73 Å². The standard InChI is InChI=1S/C11H15NO2.ClH/c1-8(12)11(13)14-9(2)10-6-4-3-5-7-10;/h3-9H,12H2,1-2H3;1H/t8-,9?;/m0./s1. The van der Waals surface area contributed by atoms with Crippen molar-refractivity contribution < 1.29 is 9.53 Å². The molecule has 1 aromatic rings. The first-order valence-electron chi connectivity index (χ1n) is 4.62. The molecule has 0 aromatic heterocycles. The lowest BCUT2D eigenvalue weighted by Gasteiger charge is -2.14. The number of esters is 1. The molecule has 0 saturated carbocycles. The van der Waals surface area contributed by atoms with Crippen molar-refractivity contribution in [2.45, 2.75) is 26.0 Å². The summed E-state index contributed by atoms with van der Waals surface area (Å²) < 4.78 is 5.13. The lowest BCUT2D eigenvalue weighted by molar-refractivity contribution is -0.149. The van der Waals surface area contributed by atoms with Gasteiger partial charge in [-0.2, -0.15) is 0 Å². The molecule has 0 saturated heterocycles. The number of carbonyl (C=O) groups excluding carboxylic acids is 1. The van der Waals surface area contributed by atoms with Crippen LogP contribution in [0.2, 0.25) is 0 Å². The number of hydrogen-bond acceptors (Lipinski definition) is 3. The zero-order valence-electron chi connectivity index (χ0n) is 8.84. The predicted octanol–water partition coefficient (Wildman–Crippen LogP) is 2.06. The van der Waals surface area contributed by atoms with E-state index in [0.29, 0.717) is 0 Å². The Morgan fingerprint density at radius 3 is 2.27 bits per heavy atom.